The fourth-order valence-corrected chi connectivity index (χ4v) is 2.41. The topological polar surface area (TPSA) is 105 Å². The van der Waals surface area contributed by atoms with E-state index >= 15 is 0 Å². The first-order chi connectivity index (χ1) is 13.5. The second kappa shape index (κ2) is 8.63. The van der Waals surface area contributed by atoms with Crippen molar-refractivity contribution < 1.29 is 14.3 Å². The van der Waals surface area contributed by atoms with Crippen molar-refractivity contribution in [3.05, 3.63) is 66.4 Å². The van der Waals surface area contributed by atoms with Gasteiger partial charge in [0.15, 0.2) is 0 Å². The Morgan fingerprint density at radius 2 is 1.46 bits per heavy atom. The third-order valence-electron chi connectivity index (χ3n) is 3.70. The Bertz CT molecular complexity index is 972. The normalized spacial score (nSPS) is 10.1. The SMILES string of the molecule is COC(=O)c1ccc(Nc2nccc(Nc3ccc(NC(C)=O)cc3)n2)cc1. The standard InChI is InChI=1S/C20H19N5O3/c1-13(26)22-15-7-9-16(10-8-15)23-18-11-12-21-20(25-18)24-17-5-3-14(4-6-17)19(27)28-2/h3-12H,1-2H3,(H,22,26)(H2,21,23,24,25). The van der Waals surface area contributed by atoms with Crippen LogP contribution in [0.4, 0.5) is 28.8 Å². The van der Waals surface area contributed by atoms with Crippen molar-refractivity contribution in [1.82, 2.24) is 9.97 Å². The molecule has 0 atom stereocenters. The maximum absolute atomic E-state index is 11.5. The summed E-state index contributed by atoms with van der Waals surface area (Å²) in [5.74, 6) is 0.506. The van der Waals surface area contributed by atoms with E-state index in [1.807, 2.05) is 12.1 Å². The van der Waals surface area contributed by atoms with E-state index in [9.17, 15) is 9.59 Å². The van der Waals surface area contributed by atoms with Gasteiger partial charge in [0.2, 0.25) is 11.9 Å². The third kappa shape index (κ3) is 5.04. The molecule has 2 aromatic carbocycles. The fourth-order valence-electron chi connectivity index (χ4n) is 2.41. The highest BCUT2D eigenvalue weighted by molar-refractivity contribution is 5.90. The van der Waals surface area contributed by atoms with Crippen LogP contribution in [0.25, 0.3) is 0 Å². The number of methoxy groups -OCH3 is 1. The molecule has 3 aromatic rings. The summed E-state index contributed by atoms with van der Waals surface area (Å²) in [5.41, 5.74) is 2.75. The summed E-state index contributed by atoms with van der Waals surface area (Å²) in [4.78, 5) is 31.2. The Labute approximate surface area is 162 Å². The lowest BCUT2D eigenvalue weighted by Crippen LogP contribution is -2.05. The van der Waals surface area contributed by atoms with Crippen LogP contribution in [0.3, 0.4) is 0 Å². The summed E-state index contributed by atoms with van der Waals surface area (Å²) in [5, 5.41) is 8.98. The largest absolute Gasteiger partial charge is 0.465 e. The summed E-state index contributed by atoms with van der Waals surface area (Å²) in [6.07, 6.45) is 1.63. The number of ether oxygens (including phenoxy) is 1. The highest BCUT2D eigenvalue weighted by Crippen LogP contribution is 2.20. The number of hydrogen-bond donors (Lipinski definition) is 3. The molecule has 8 nitrogen and oxygen atoms in total. The van der Waals surface area contributed by atoms with Crippen LogP contribution in [0.1, 0.15) is 17.3 Å². The molecule has 0 saturated heterocycles. The Morgan fingerprint density at radius 3 is 2.11 bits per heavy atom. The monoisotopic (exact) mass is 377 g/mol. The molecule has 3 rings (SSSR count). The highest BCUT2D eigenvalue weighted by Gasteiger charge is 2.06. The zero-order valence-electron chi connectivity index (χ0n) is 15.4. The molecule has 1 amide bonds. The zero-order valence-corrected chi connectivity index (χ0v) is 15.4. The first-order valence-electron chi connectivity index (χ1n) is 8.46. The number of carbonyl (C=O) groups excluding carboxylic acids is 2. The van der Waals surface area contributed by atoms with Crippen molar-refractivity contribution in [2.45, 2.75) is 6.92 Å². The molecule has 28 heavy (non-hydrogen) atoms. The number of hydrogen-bond acceptors (Lipinski definition) is 7. The Hall–Kier alpha value is -3.94. The van der Waals surface area contributed by atoms with Gasteiger partial charge in [-0.15, -0.1) is 0 Å². The second-order valence-corrected chi connectivity index (χ2v) is 5.84. The van der Waals surface area contributed by atoms with Gasteiger partial charge in [-0.3, -0.25) is 4.79 Å². The average molecular weight is 377 g/mol. The maximum atomic E-state index is 11.5. The Balaban J connectivity index is 1.66. The molecule has 1 aromatic heterocycles. The van der Waals surface area contributed by atoms with Crippen molar-refractivity contribution >= 4 is 40.7 Å². The Kier molecular flexibility index (Phi) is 5.81. The molecule has 3 N–H and O–H groups in total. The van der Waals surface area contributed by atoms with Crippen LogP contribution in [0.2, 0.25) is 0 Å². The number of benzene rings is 2. The van der Waals surface area contributed by atoms with Crippen LogP contribution in [0.15, 0.2) is 60.8 Å². The highest BCUT2D eigenvalue weighted by atomic mass is 16.5. The number of amides is 1. The number of rotatable bonds is 6. The average Bonchev–Trinajstić information content (AvgIpc) is 2.69. The lowest BCUT2D eigenvalue weighted by molar-refractivity contribution is -0.114. The molecule has 1 heterocycles. The van der Waals surface area contributed by atoms with Crippen LogP contribution in [0.5, 0.6) is 0 Å². The van der Waals surface area contributed by atoms with E-state index in [4.69, 9.17) is 0 Å². The van der Waals surface area contributed by atoms with Crippen LogP contribution < -0.4 is 16.0 Å². The first-order valence-corrected chi connectivity index (χ1v) is 8.46. The minimum Gasteiger partial charge on any atom is -0.465 e. The summed E-state index contributed by atoms with van der Waals surface area (Å²) >= 11 is 0. The van der Waals surface area contributed by atoms with Crippen LogP contribution in [-0.4, -0.2) is 29.0 Å². The molecule has 0 aliphatic heterocycles. The molecule has 0 radical (unpaired) electrons. The Morgan fingerprint density at radius 1 is 0.857 bits per heavy atom. The van der Waals surface area contributed by atoms with Crippen LogP contribution >= 0.6 is 0 Å². The van der Waals surface area contributed by atoms with Gasteiger partial charge < -0.3 is 20.7 Å². The van der Waals surface area contributed by atoms with Gasteiger partial charge in [0, 0.05) is 30.2 Å². The molecular formula is C20H19N5O3. The van der Waals surface area contributed by atoms with Crippen molar-refractivity contribution in [2.75, 3.05) is 23.1 Å². The molecule has 0 aliphatic carbocycles. The van der Waals surface area contributed by atoms with E-state index in [1.165, 1.54) is 14.0 Å². The van der Waals surface area contributed by atoms with Crippen LogP contribution in [0, 0.1) is 0 Å². The molecule has 0 bridgehead atoms. The number of nitrogens with one attached hydrogen (secondary N) is 3. The van der Waals surface area contributed by atoms with E-state index in [1.54, 1.807) is 48.7 Å². The minimum absolute atomic E-state index is 0.119. The summed E-state index contributed by atoms with van der Waals surface area (Å²) < 4.78 is 4.68. The van der Waals surface area contributed by atoms with Gasteiger partial charge in [0.25, 0.3) is 0 Å². The number of carbonyl (C=O) groups is 2. The number of nitrogens with zero attached hydrogens (tertiary/aromatic N) is 2. The predicted octanol–water partition coefficient (Wildman–Crippen LogP) is 3.71. The van der Waals surface area contributed by atoms with E-state index in [0.29, 0.717) is 17.3 Å². The second-order valence-electron chi connectivity index (χ2n) is 5.84. The summed E-state index contributed by atoms with van der Waals surface area (Å²) in [6, 6.07) is 15.8. The summed E-state index contributed by atoms with van der Waals surface area (Å²) in [6.45, 7) is 1.46. The minimum atomic E-state index is -0.390. The van der Waals surface area contributed by atoms with Gasteiger partial charge in [-0.05, 0) is 54.6 Å². The molecule has 0 fully saturated rings. The van der Waals surface area contributed by atoms with Gasteiger partial charge in [0.05, 0.1) is 12.7 Å². The molecule has 0 saturated carbocycles. The van der Waals surface area contributed by atoms with Crippen molar-refractivity contribution in [2.24, 2.45) is 0 Å². The van der Waals surface area contributed by atoms with Crippen molar-refractivity contribution in [3.8, 4) is 0 Å². The van der Waals surface area contributed by atoms with Gasteiger partial charge in [-0.25, -0.2) is 9.78 Å². The van der Waals surface area contributed by atoms with Crippen molar-refractivity contribution in [1.29, 1.82) is 0 Å². The lowest BCUT2D eigenvalue weighted by atomic mass is 10.2. The molecule has 0 spiro atoms. The maximum Gasteiger partial charge on any atom is 0.337 e. The van der Waals surface area contributed by atoms with Gasteiger partial charge in [-0.1, -0.05) is 0 Å². The van der Waals surface area contributed by atoms with E-state index in [-0.39, 0.29) is 5.91 Å². The van der Waals surface area contributed by atoms with E-state index in [2.05, 4.69) is 30.7 Å². The number of esters is 1. The zero-order chi connectivity index (χ0) is 19.9. The first kappa shape index (κ1) is 18.8. The van der Waals surface area contributed by atoms with Gasteiger partial charge in [-0.2, -0.15) is 4.98 Å². The smallest absolute Gasteiger partial charge is 0.337 e. The molecule has 0 unspecified atom stereocenters. The van der Waals surface area contributed by atoms with E-state index in [0.717, 1.165) is 17.1 Å². The molecular weight excluding hydrogens is 358 g/mol. The molecule has 8 heteroatoms. The van der Waals surface area contributed by atoms with E-state index < -0.39 is 5.97 Å². The number of aromatic nitrogens is 2. The van der Waals surface area contributed by atoms with Crippen LogP contribution in [-0.2, 0) is 9.53 Å². The lowest BCUT2D eigenvalue weighted by Gasteiger charge is -2.09. The molecule has 142 valence electrons. The predicted molar refractivity (Wildman–Crippen MR) is 107 cm³/mol. The van der Waals surface area contributed by atoms with Crippen molar-refractivity contribution in [3.63, 3.8) is 0 Å². The van der Waals surface area contributed by atoms with Gasteiger partial charge >= 0.3 is 5.97 Å². The summed E-state index contributed by atoms with van der Waals surface area (Å²) in [7, 11) is 1.34. The number of anilines is 5. The quantitative estimate of drug-likeness (QED) is 0.562. The van der Waals surface area contributed by atoms with Gasteiger partial charge in [0.1, 0.15) is 5.82 Å². The third-order valence-corrected chi connectivity index (χ3v) is 3.70. The molecule has 0 aliphatic rings. The fraction of sp³-hybridized carbons (Fsp3) is 0.100.